The zero-order chi connectivity index (χ0) is 18.5. The summed E-state index contributed by atoms with van der Waals surface area (Å²) in [6.45, 7) is 23.3. The molecule has 0 aromatic carbocycles. The van der Waals surface area contributed by atoms with Crippen molar-refractivity contribution in [3.05, 3.63) is 17.8 Å². The van der Waals surface area contributed by atoms with E-state index in [1.54, 1.807) is 0 Å². The predicted octanol–water partition coefficient (Wildman–Crippen LogP) is 5.25. The smallest absolute Gasteiger partial charge is 0.319 e. The van der Waals surface area contributed by atoms with Crippen LogP contribution in [-0.4, -0.2) is 39.3 Å². The fourth-order valence-electron chi connectivity index (χ4n) is 2.08. The van der Waals surface area contributed by atoms with Crippen LogP contribution in [0.25, 0.3) is 5.57 Å². The summed E-state index contributed by atoms with van der Waals surface area (Å²) < 4.78 is 11.8. The van der Waals surface area contributed by atoms with Crippen molar-refractivity contribution in [2.24, 2.45) is 0 Å². The average Bonchev–Trinajstić information content (AvgIpc) is 2.34. The van der Waals surface area contributed by atoms with Gasteiger partial charge in [-0.1, -0.05) is 45.9 Å². The predicted molar refractivity (Wildman–Crippen MR) is 109 cm³/mol. The first-order valence-electron chi connectivity index (χ1n) is 8.69. The highest BCUT2D eigenvalue weighted by Crippen LogP contribution is 2.28. The summed E-state index contributed by atoms with van der Waals surface area (Å²) in [6, 6.07) is 2.60. The molecular weight excluding hydrogens is 332 g/mol. The summed E-state index contributed by atoms with van der Waals surface area (Å²) in [5.74, 6) is 0.608. The zero-order valence-corrected chi connectivity index (χ0v) is 18.7. The first-order valence-corrected chi connectivity index (χ1v) is 16.1. The highest BCUT2D eigenvalue weighted by atomic mass is 28.3. The third kappa shape index (κ3) is 7.62. The van der Waals surface area contributed by atoms with Crippen molar-refractivity contribution < 1.29 is 9.47 Å². The van der Waals surface area contributed by atoms with E-state index in [9.17, 15) is 0 Å². The van der Waals surface area contributed by atoms with Crippen molar-refractivity contribution in [3.8, 4) is 11.9 Å². The Morgan fingerprint density at radius 1 is 0.917 bits per heavy atom. The summed E-state index contributed by atoms with van der Waals surface area (Å²) in [4.78, 5) is 8.99. The lowest BCUT2D eigenvalue weighted by atomic mass is 10.1. The quantitative estimate of drug-likeness (QED) is 0.560. The summed E-state index contributed by atoms with van der Waals surface area (Å²) in [5.41, 5.74) is 2.69. The lowest BCUT2D eigenvalue weighted by Crippen LogP contribution is -2.23. The van der Waals surface area contributed by atoms with Crippen LogP contribution in [0.15, 0.2) is 6.58 Å². The van der Waals surface area contributed by atoms with Gasteiger partial charge < -0.3 is 9.47 Å². The van der Waals surface area contributed by atoms with Gasteiger partial charge in [0.25, 0.3) is 0 Å². The molecule has 0 saturated heterocycles. The summed E-state index contributed by atoms with van der Waals surface area (Å²) in [7, 11) is -2.27. The molecule has 24 heavy (non-hydrogen) atoms. The molecule has 1 aromatic rings. The highest BCUT2D eigenvalue weighted by Gasteiger charge is 2.18. The molecule has 0 aliphatic rings. The first-order chi connectivity index (χ1) is 10.9. The molecule has 0 bridgehead atoms. The topological polar surface area (TPSA) is 44.2 Å². The molecular formula is C18H34N2O2Si2. The van der Waals surface area contributed by atoms with Gasteiger partial charge in [0.15, 0.2) is 0 Å². The first kappa shape index (κ1) is 20.9. The van der Waals surface area contributed by atoms with Crippen LogP contribution in [0.2, 0.25) is 51.4 Å². The Bertz CT molecular complexity index is 576. The molecule has 0 unspecified atom stereocenters. The second-order valence-electron chi connectivity index (χ2n) is 8.87. The summed E-state index contributed by atoms with van der Waals surface area (Å²) in [6.07, 6.45) is 0. The largest absolute Gasteiger partial charge is 0.477 e. The van der Waals surface area contributed by atoms with E-state index in [-0.39, 0.29) is 0 Å². The maximum absolute atomic E-state index is 5.99. The Labute approximate surface area is 149 Å². The van der Waals surface area contributed by atoms with Crippen LogP contribution in [0.4, 0.5) is 0 Å². The minimum Gasteiger partial charge on any atom is -0.477 e. The van der Waals surface area contributed by atoms with Gasteiger partial charge in [-0.15, -0.1) is 0 Å². The number of hydrogen-bond donors (Lipinski definition) is 0. The van der Waals surface area contributed by atoms with Crippen LogP contribution in [0, 0.1) is 6.92 Å². The maximum Gasteiger partial charge on any atom is 0.319 e. The summed E-state index contributed by atoms with van der Waals surface area (Å²) in [5, 5.41) is 0. The van der Waals surface area contributed by atoms with Gasteiger partial charge in [0.1, 0.15) is 0 Å². The molecule has 0 saturated carbocycles. The molecule has 0 fully saturated rings. The Balaban J connectivity index is 2.90. The molecule has 0 radical (unpaired) electrons. The fourth-order valence-corrected chi connectivity index (χ4v) is 3.51. The van der Waals surface area contributed by atoms with Crippen LogP contribution in [0.3, 0.4) is 0 Å². The molecule has 4 nitrogen and oxygen atoms in total. The normalized spacial score (nSPS) is 12.2. The third-order valence-electron chi connectivity index (χ3n) is 3.64. The molecule has 1 aromatic heterocycles. The molecule has 0 atom stereocenters. The summed E-state index contributed by atoms with van der Waals surface area (Å²) >= 11 is 0. The van der Waals surface area contributed by atoms with E-state index in [1.807, 2.05) is 13.8 Å². The number of ether oxygens (including phenoxy) is 2. The van der Waals surface area contributed by atoms with E-state index in [4.69, 9.17) is 9.47 Å². The van der Waals surface area contributed by atoms with Gasteiger partial charge in [-0.2, -0.15) is 9.97 Å². The monoisotopic (exact) mass is 366 g/mol. The van der Waals surface area contributed by atoms with E-state index < -0.39 is 16.1 Å². The van der Waals surface area contributed by atoms with Crippen LogP contribution in [0.1, 0.15) is 18.2 Å². The van der Waals surface area contributed by atoms with Gasteiger partial charge in [0.2, 0.25) is 5.88 Å². The average molecular weight is 367 g/mol. The zero-order valence-electron chi connectivity index (χ0n) is 16.7. The molecule has 0 aliphatic heterocycles. The molecule has 1 rings (SSSR count). The number of aromatic nitrogens is 2. The van der Waals surface area contributed by atoms with Crippen LogP contribution >= 0.6 is 0 Å². The number of rotatable bonds is 9. The number of allylic oxidation sites excluding steroid dienone is 1. The second-order valence-corrected chi connectivity index (χ2v) is 20.1. The van der Waals surface area contributed by atoms with E-state index in [0.717, 1.165) is 28.9 Å². The van der Waals surface area contributed by atoms with E-state index in [2.05, 4.69) is 55.8 Å². The van der Waals surface area contributed by atoms with Crippen LogP contribution in [-0.2, 0) is 0 Å². The number of aryl methyl sites for hydroxylation is 1. The van der Waals surface area contributed by atoms with E-state index in [1.165, 1.54) is 0 Å². The Hall–Kier alpha value is -1.15. The molecule has 0 spiro atoms. The van der Waals surface area contributed by atoms with Crippen LogP contribution in [0.5, 0.6) is 11.9 Å². The third-order valence-corrected chi connectivity index (χ3v) is 7.05. The van der Waals surface area contributed by atoms with Gasteiger partial charge in [-0.05, 0) is 31.5 Å². The van der Waals surface area contributed by atoms with Crippen molar-refractivity contribution in [2.75, 3.05) is 13.2 Å². The van der Waals surface area contributed by atoms with Crippen molar-refractivity contribution in [2.45, 2.75) is 65.2 Å². The lowest BCUT2D eigenvalue weighted by Gasteiger charge is -2.19. The van der Waals surface area contributed by atoms with E-state index >= 15 is 0 Å². The fraction of sp³-hybridized carbons (Fsp3) is 0.667. The van der Waals surface area contributed by atoms with Gasteiger partial charge in [0, 0.05) is 16.1 Å². The Morgan fingerprint density at radius 2 is 1.42 bits per heavy atom. The standard InChI is InChI=1S/C18H34N2O2Si2/c1-14(2)16-15(3)19-18(22-11-13-24(7,8)9)20-17(16)21-10-12-23(4,5)6/h1,10-13H2,2-9H3. The van der Waals surface area contributed by atoms with Gasteiger partial charge in [0.05, 0.1) is 24.5 Å². The molecule has 0 aliphatic carbocycles. The SMILES string of the molecule is C=C(C)c1c(C)nc(OCC[Si](C)(C)C)nc1OCC[Si](C)(C)C. The highest BCUT2D eigenvalue weighted by molar-refractivity contribution is 6.76. The van der Waals surface area contributed by atoms with E-state index in [0.29, 0.717) is 25.1 Å². The van der Waals surface area contributed by atoms with Crippen molar-refractivity contribution in [3.63, 3.8) is 0 Å². The molecule has 136 valence electrons. The molecule has 6 heteroatoms. The van der Waals surface area contributed by atoms with Gasteiger partial charge in [-0.3, -0.25) is 0 Å². The Kier molecular flexibility index (Phi) is 7.22. The van der Waals surface area contributed by atoms with Crippen molar-refractivity contribution in [1.82, 2.24) is 9.97 Å². The second kappa shape index (κ2) is 8.29. The lowest BCUT2D eigenvalue weighted by molar-refractivity contribution is 0.286. The Morgan fingerprint density at radius 3 is 1.88 bits per heavy atom. The minimum absolute atomic E-state index is 0.416. The number of hydrogen-bond acceptors (Lipinski definition) is 4. The molecule has 1 heterocycles. The maximum atomic E-state index is 5.99. The van der Waals surface area contributed by atoms with Crippen molar-refractivity contribution in [1.29, 1.82) is 0 Å². The number of nitrogens with zero attached hydrogens (tertiary/aromatic N) is 2. The molecule has 0 N–H and O–H groups in total. The minimum atomic E-state index is -1.14. The van der Waals surface area contributed by atoms with Crippen LogP contribution < -0.4 is 9.47 Å². The van der Waals surface area contributed by atoms with Gasteiger partial charge in [-0.25, -0.2) is 0 Å². The molecule has 0 amide bonds. The van der Waals surface area contributed by atoms with Crippen molar-refractivity contribution >= 4 is 21.7 Å². The van der Waals surface area contributed by atoms with Gasteiger partial charge >= 0.3 is 6.01 Å².